The molecule has 0 amide bonds. The van der Waals surface area contributed by atoms with Crippen LogP contribution in [0, 0.1) is 17.2 Å². The fourth-order valence-corrected chi connectivity index (χ4v) is 1.13. The van der Waals surface area contributed by atoms with Gasteiger partial charge in [-0.3, -0.25) is 4.79 Å². The summed E-state index contributed by atoms with van der Waals surface area (Å²) in [7, 11) is 0. The molecule has 0 saturated heterocycles. The van der Waals surface area contributed by atoms with Crippen molar-refractivity contribution in [2.75, 3.05) is 0 Å². The average molecular weight is 191 g/mol. The van der Waals surface area contributed by atoms with Gasteiger partial charge in [-0.05, 0) is 18.9 Å². The summed E-state index contributed by atoms with van der Waals surface area (Å²) in [5.74, 6) is -0.561. The zero-order valence-electron chi connectivity index (χ0n) is 8.03. The second-order valence-corrected chi connectivity index (χ2v) is 2.98. The molecule has 0 aliphatic rings. The van der Waals surface area contributed by atoms with E-state index in [-0.39, 0.29) is 11.3 Å². The van der Waals surface area contributed by atoms with Crippen molar-refractivity contribution < 1.29 is 10.3 Å². The first-order valence-electron chi connectivity index (χ1n) is 4.18. The van der Waals surface area contributed by atoms with Gasteiger partial charge in [-0.1, -0.05) is 30.3 Å². The second-order valence-electron chi connectivity index (χ2n) is 2.98. The van der Waals surface area contributed by atoms with Crippen LogP contribution in [0.3, 0.4) is 0 Å². The number of nitrogens with zero attached hydrogens (tertiary/aromatic N) is 1. The van der Waals surface area contributed by atoms with Gasteiger partial charge >= 0.3 is 0 Å². The Morgan fingerprint density at radius 2 is 2.00 bits per heavy atom. The molecule has 1 rings (SSSR count). The van der Waals surface area contributed by atoms with Crippen LogP contribution in [0.15, 0.2) is 30.3 Å². The van der Waals surface area contributed by atoms with E-state index in [1.165, 1.54) is 6.92 Å². The summed E-state index contributed by atoms with van der Waals surface area (Å²) in [6, 6.07) is 11.6. The van der Waals surface area contributed by atoms with E-state index in [1.54, 1.807) is 0 Å². The molecule has 0 saturated carbocycles. The molecule has 0 spiro atoms. The van der Waals surface area contributed by atoms with Gasteiger partial charge in [-0.2, -0.15) is 5.26 Å². The lowest BCUT2D eigenvalue weighted by atomic mass is 9.98. The Morgan fingerprint density at radius 1 is 1.43 bits per heavy atom. The van der Waals surface area contributed by atoms with E-state index < -0.39 is 5.92 Å². The van der Waals surface area contributed by atoms with E-state index in [9.17, 15) is 4.79 Å². The summed E-state index contributed by atoms with van der Waals surface area (Å²) in [6.07, 6.45) is 0.521. The Kier molecular flexibility index (Phi) is 5.20. The molecule has 2 N–H and O–H groups in total. The van der Waals surface area contributed by atoms with Crippen molar-refractivity contribution in [3.05, 3.63) is 35.9 Å². The van der Waals surface area contributed by atoms with Crippen LogP contribution >= 0.6 is 0 Å². The van der Waals surface area contributed by atoms with Gasteiger partial charge in [0.05, 0.1) is 6.07 Å². The summed E-state index contributed by atoms with van der Waals surface area (Å²) in [6.45, 7) is 1.46. The zero-order chi connectivity index (χ0) is 9.68. The molecule has 0 aromatic heterocycles. The first kappa shape index (κ1) is 12.3. The molecule has 1 aromatic rings. The standard InChI is InChI=1S/C11H11NO.H2O/c1-9(13)11(8-12)7-10-5-3-2-4-6-10;/h2-6,11H,7H2,1H3;1H2. The fourth-order valence-electron chi connectivity index (χ4n) is 1.13. The normalized spacial score (nSPS) is 10.9. The topological polar surface area (TPSA) is 72.4 Å². The molecule has 1 aromatic carbocycles. The van der Waals surface area contributed by atoms with Gasteiger partial charge in [0, 0.05) is 0 Å². The first-order valence-corrected chi connectivity index (χ1v) is 4.18. The Hall–Kier alpha value is -1.66. The van der Waals surface area contributed by atoms with Gasteiger partial charge in [-0.25, -0.2) is 0 Å². The van der Waals surface area contributed by atoms with Gasteiger partial charge < -0.3 is 5.48 Å². The van der Waals surface area contributed by atoms with Crippen LogP contribution < -0.4 is 0 Å². The van der Waals surface area contributed by atoms with Crippen molar-refractivity contribution >= 4 is 5.78 Å². The van der Waals surface area contributed by atoms with Crippen LogP contribution in [0.25, 0.3) is 0 Å². The lowest BCUT2D eigenvalue weighted by Crippen LogP contribution is -2.11. The molecule has 3 heteroatoms. The predicted octanol–water partition coefficient (Wildman–Crippen LogP) is 1.13. The smallest absolute Gasteiger partial charge is 0.147 e. The van der Waals surface area contributed by atoms with E-state index in [2.05, 4.69) is 0 Å². The van der Waals surface area contributed by atoms with Crippen molar-refractivity contribution in [3.63, 3.8) is 0 Å². The van der Waals surface area contributed by atoms with Crippen molar-refractivity contribution in [3.8, 4) is 6.07 Å². The van der Waals surface area contributed by atoms with Crippen molar-refractivity contribution in [1.29, 1.82) is 5.26 Å². The van der Waals surface area contributed by atoms with Gasteiger partial charge in [-0.15, -0.1) is 0 Å². The molecule has 0 radical (unpaired) electrons. The van der Waals surface area contributed by atoms with E-state index in [1.807, 2.05) is 36.4 Å². The van der Waals surface area contributed by atoms with E-state index >= 15 is 0 Å². The van der Waals surface area contributed by atoms with E-state index in [0.717, 1.165) is 5.56 Å². The summed E-state index contributed by atoms with van der Waals surface area (Å²) < 4.78 is 0. The number of hydrogen-bond acceptors (Lipinski definition) is 2. The van der Waals surface area contributed by atoms with Gasteiger partial charge in [0.15, 0.2) is 0 Å². The molecule has 1 unspecified atom stereocenters. The third-order valence-corrected chi connectivity index (χ3v) is 1.93. The SMILES string of the molecule is CC(=O)C(C#N)Cc1ccccc1.O. The molecule has 0 aliphatic heterocycles. The Bertz CT molecular complexity index is 327. The molecule has 3 nitrogen and oxygen atoms in total. The minimum atomic E-state index is -0.498. The number of rotatable bonds is 3. The number of carbonyl (C=O) groups excluding carboxylic acids is 1. The summed E-state index contributed by atoms with van der Waals surface area (Å²) >= 11 is 0. The van der Waals surface area contributed by atoms with Crippen LogP contribution in [-0.4, -0.2) is 11.3 Å². The highest BCUT2D eigenvalue weighted by atomic mass is 16.1. The maximum Gasteiger partial charge on any atom is 0.147 e. The van der Waals surface area contributed by atoms with Crippen LogP contribution in [0.2, 0.25) is 0 Å². The zero-order valence-corrected chi connectivity index (χ0v) is 8.03. The number of hydrogen-bond donors (Lipinski definition) is 0. The monoisotopic (exact) mass is 191 g/mol. The molecular formula is C11H13NO2. The minimum Gasteiger partial charge on any atom is -0.412 e. The molecular weight excluding hydrogens is 178 g/mol. The lowest BCUT2D eigenvalue weighted by Gasteiger charge is -2.03. The molecule has 0 aliphatic carbocycles. The molecule has 0 heterocycles. The maximum atomic E-state index is 11.0. The van der Waals surface area contributed by atoms with Gasteiger partial charge in [0.2, 0.25) is 0 Å². The number of carbonyl (C=O) groups is 1. The quantitative estimate of drug-likeness (QED) is 0.718. The van der Waals surface area contributed by atoms with Crippen LogP contribution in [-0.2, 0) is 11.2 Å². The van der Waals surface area contributed by atoms with Crippen molar-refractivity contribution in [2.45, 2.75) is 13.3 Å². The van der Waals surface area contributed by atoms with E-state index in [0.29, 0.717) is 6.42 Å². The highest BCUT2D eigenvalue weighted by molar-refractivity contribution is 5.81. The average Bonchev–Trinajstić information content (AvgIpc) is 2.15. The lowest BCUT2D eigenvalue weighted by molar-refractivity contribution is -0.119. The van der Waals surface area contributed by atoms with Crippen LogP contribution in [0.1, 0.15) is 12.5 Å². The second kappa shape index (κ2) is 5.90. The molecule has 0 bridgehead atoms. The Labute approximate surface area is 83.3 Å². The maximum absolute atomic E-state index is 11.0. The molecule has 1 atom stereocenters. The number of nitriles is 1. The van der Waals surface area contributed by atoms with Crippen molar-refractivity contribution in [2.24, 2.45) is 5.92 Å². The van der Waals surface area contributed by atoms with Crippen LogP contribution in [0.4, 0.5) is 0 Å². The van der Waals surface area contributed by atoms with Crippen LogP contribution in [0.5, 0.6) is 0 Å². The molecule has 0 fully saturated rings. The van der Waals surface area contributed by atoms with Gasteiger partial charge in [0.1, 0.15) is 11.7 Å². The highest BCUT2D eigenvalue weighted by Crippen LogP contribution is 2.08. The molecule has 74 valence electrons. The number of ketones is 1. The summed E-state index contributed by atoms with van der Waals surface area (Å²) in [5, 5.41) is 8.69. The van der Waals surface area contributed by atoms with Crippen molar-refractivity contribution in [1.82, 2.24) is 0 Å². The number of Topliss-reactive ketones (excluding diaryl/α,β-unsaturated/α-hetero) is 1. The molecule has 14 heavy (non-hydrogen) atoms. The summed E-state index contributed by atoms with van der Waals surface area (Å²) in [5.41, 5.74) is 1.03. The third-order valence-electron chi connectivity index (χ3n) is 1.93. The Morgan fingerprint density at radius 3 is 2.43 bits per heavy atom. The minimum absolute atomic E-state index is 0. The predicted molar refractivity (Wildman–Crippen MR) is 53.5 cm³/mol. The Balaban J connectivity index is 0.00000169. The van der Waals surface area contributed by atoms with E-state index in [4.69, 9.17) is 5.26 Å². The number of benzene rings is 1. The summed E-state index contributed by atoms with van der Waals surface area (Å²) in [4.78, 5) is 11.0. The fraction of sp³-hybridized carbons (Fsp3) is 0.273. The van der Waals surface area contributed by atoms with Gasteiger partial charge in [0.25, 0.3) is 0 Å². The third kappa shape index (κ3) is 3.38. The largest absolute Gasteiger partial charge is 0.412 e. The highest BCUT2D eigenvalue weighted by Gasteiger charge is 2.12. The first-order chi connectivity index (χ1) is 6.24.